The highest BCUT2D eigenvalue weighted by Crippen LogP contribution is 2.15. The summed E-state index contributed by atoms with van der Waals surface area (Å²) in [4.78, 5) is 13.9. The van der Waals surface area contributed by atoms with Gasteiger partial charge in [-0.25, -0.2) is 13.1 Å². The summed E-state index contributed by atoms with van der Waals surface area (Å²) in [5.74, 6) is 0.755. The molecule has 24 heavy (non-hydrogen) atoms. The van der Waals surface area contributed by atoms with Gasteiger partial charge in [-0.1, -0.05) is 6.92 Å². The molecule has 2 rings (SSSR count). The number of benzene rings is 1. The standard InChI is InChI=1S/C16H23IN2O4S/c1-2-11-24(21,22)18-14-7-9-19(10-8-14)16(20)12-23-15-5-3-13(17)4-6-15/h3-6,14,18H,2,7-12H2,1H3. The molecule has 1 amide bonds. The molecule has 0 aliphatic carbocycles. The first-order valence-corrected chi connectivity index (χ1v) is 10.8. The van der Waals surface area contributed by atoms with Gasteiger partial charge in [0.1, 0.15) is 5.75 Å². The van der Waals surface area contributed by atoms with E-state index in [1.807, 2.05) is 31.2 Å². The number of sulfonamides is 1. The second-order valence-electron chi connectivity index (χ2n) is 5.83. The third-order valence-corrected chi connectivity index (χ3v) is 6.20. The van der Waals surface area contributed by atoms with Gasteiger partial charge in [0.15, 0.2) is 6.61 Å². The van der Waals surface area contributed by atoms with Crippen molar-refractivity contribution in [3.05, 3.63) is 27.8 Å². The van der Waals surface area contributed by atoms with Gasteiger partial charge in [0.2, 0.25) is 10.0 Å². The average Bonchev–Trinajstić information content (AvgIpc) is 2.54. The van der Waals surface area contributed by atoms with Gasteiger partial charge in [-0.05, 0) is 66.1 Å². The molecule has 1 fully saturated rings. The van der Waals surface area contributed by atoms with Crippen molar-refractivity contribution in [3.63, 3.8) is 0 Å². The molecule has 0 atom stereocenters. The van der Waals surface area contributed by atoms with Crippen LogP contribution in [0.25, 0.3) is 0 Å². The molecule has 1 aromatic rings. The van der Waals surface area contributed by atoms with Crippen LogP contribution in [0.15, 0.2) is 24.3 Å². The molecule has 0 radical (unpaired) electrons. The fraction of sp³-hybridized carbons (Fsp3) is 0.562. The topological polar surface area (TPSA) is 75.7 Å². The predicted octanol–water partition coefficient (Wildman–Crippen LogP) is 1.99. The monoisotopic (exact) mass is 466 g/mol. The van der Waals surface area contributed by atoms with Crippen molar-refractivity contribution >= 4 is 38.5 Å². The Hall–Kier alpha value is -0.870. The Morgan fingerprint density at radius 3 is 2.50 bits per heavy atom. The van der Waals surface area contributed by atoms with Crippen LogP contribution in [0.5, 0.6) is 5.75 Å². The van der Waals surface area contributed by atoms with E-state index in [4.69, 9.17) is 4.74 Å². The summed E-state index contributed by atoms with van der Waals surface area (Å²) in [7, 11) is -3.20. The molecule has 0 unspecified atom stereocenters. The average molecular weight is 466 g/mol. The molecule has 134 valence electrons. The highest BCUT2D eigenvalue weighted by Gasteiger charge is 2.25. The number of nitrogens with one attached hydrogen (secondary N) is 1. The quantitative estimate of drug-likeness (QED) is 0.624. The number of amides is 1. The highest BCUT2D eigenvalue weighted by atomic mass is 127. The third-order valence-electron chi connectivity index (χ3n) is 3.84. The molecule has 0 bridgehead atoms. The number of carbonyl (C=O) groups excluding carboxylic acids is 1. The molecule has 0 aromatic heterocycles. The van der Waals surface area contributed by atoms with Gasteiger partial charge in [0, 0.05) is 22.7 Å². The lowest BCUT2D eigenvalue weighted by atomic mass is 10.1. The van der Waals surface area contributed by atoms with Gasteiger partial charge in [-0.3, -0.25) is 4.79 Å². The molecule has 1 aliphatic rings. The molecule has 8 heteroatoms. The van der Waals surface area contributed by atoms with Crippen molar-refractivity contribution in [3.8, 4) is 5.75 Å². The Labute approximate surface area is 157 Å². The van der Waals surface area contributed by atoms with E-state index in [1.165, 1.54) is 0 Å². The lowest BCUT2D eigenvalue weighted by Crippen LogP contribution is -2.48. The number of ether oxygens (including phenoxy) is 1. The third kappa shape index (κ3) is 6.21. The number of hydrogen-bond donors (Lipinski definition) is 1. The van der Waals surface area contributed by atoms with E-state index in [0.717, 1.165) is 3.57 Å². The summed E-state index contributed by atoms with van der Waals surface area (Å²) >= 11 is 2.21. The van der Waals surface area contributed by atoms with E-state index in [1.54, 1.807) is 4.90 Å². The van der Waals surface area contributed by atoms with Crippen LogP contribution in [-0.2, 0) is 14.8 Å². The summed E-state index contributed by atoms with van der Waals surface area (Å²) in [5, 5.41) is 0. The van der Waals surface area contributed by atoms with E-state index in [0.29, 0.717) is 38.1 Å². The number of piperidine rings is 1. The van der Waals surface area contributed by atoms with Crippen molar-refractivity contribution in [1.29, 1.82) is 0 Å². The second-order valence-corrected chi connectivity index (χ2v) is 8.95. The fourth-order valence-corrected chi connectivity index (χ4v) is 4.35. The summed E-state index contributed by atoms with van der Waals surface area (Å²) in [6.07, 6.45) is 1.87. The van der Waals surface area contributed by atoms with Crippen molar-refractivity contribution in [2.24, 2.45) is 0 Å². The number of hydrogen-bond acceptors (Lipinski definition) is 4. The predicted molar refractivity (Wildman–Crippen MR) is 101 cm³/mol. The maximum Gasteiger partial charge on any atom is 0.260 e. The van der Waals surface area contributed by atoms with E-state index < -0.39 is 10.0 Å². The van der Waals surface area contributed by atoms with Gasteiger partial charge in [-0.2, -0.15) is 0 Å². The van der Waals surface area contributed by atoms with Gasteiger partial charge in [0.05, 0.1) is 5.75 Å². The van der Waals surface area contributed by atoms with Gasteiger partial charge in [0.25, 0.3) is 5.91 Å². The Morgan fingerprint density at radius 2 is 1.92 bits per heavy atom. The van der Waals surface area contributed by atoms with Gasteiger partial charge < -0.3 is 9.64 Å². The van der Waals surface area contributed by atoms with E-state index in [-0.39, 0.29) is 24.3 Å². The number of likely N-dealkylation sites (tertiary alicyclic amines) is 1. The number of nitrogens with zero attached hydrogens (tertiary/aromatic N) is 1. The Bertz CT molecular complexity index is 641. The highest BCUT2D eigenvalue weighted by molar-refractivity contribution is 14.1. The van der Waals surface area contributed by atoms with Crippen LogP contribution < -0.4 is 9.46 Å². The number of carbonyl (C=O) groups is 1. The Kier molecular flexibility index (Phi) is 7.30. The molecule has 1 saturated heterocycles. The Balaban J connectivity index is 1.75. The van der Waals surface area contributed by atoms with Crippen molar-refractivity contribution in [2.75, 3.05) is 25.4 Å². The van der Waals surface area contributed by atoms with E-state index in [2.05, 4.69) is 27.3 Å². The first kappa shape index (κ1) is 19.5. The van der Waals surface area contributed by atoms with Crippen molar-refractivity contribution < 1.29 is 17.9 Å². The fourth-order valence-electron chi connectivity index (χ4n) is 2.60. The lowest BCUT2D eigenvalue weighted by Gasteiger charge is -2.32. The molecular weight excluding hydrogens is 443 g/mol. The maximum absolute atomic E-state index is 12.2. The van der Waals surface area contributed by atoms with Crippen molar-refractivity contribution in [2.45, 2.75) is 32.2 Å². The van der Waals surface area contributed by atoms with Crippen LogP contribution in [-0.4, -0.2) is 50.7 Å². The minimum atomic E-state index is -3.20. The lowest BCUT2D eigenvalue weighted by molar-refractivity contribution is -0.134. The SMILES string of the molecule is CCCS(=O)(=O)NC1CCN(C(=O)COc2ccc(I)cc2)CC1. The van der Waals surface area contributed by atoms with Gasteiger partial charge in [-0.15, -0.1) is 0 Å². The molecule has 1 aromatic carbocycles. The zero-order valence-electron chi connectivity index (χ0n) is 13.7. The first-order valence-electron chi connectivity index (χ1n) is 8.06. The summed E-state index contributed by atoms with van der Waals surface area (Å²) < 4.78 is 32.9. The van der Waals surface area contributed by atoms with E-state index >= 15 is 0 Å². The smallest absolute Gasteiger partial charge is 0.260 e. The largest absolute Gasteiger partial charge is 0.484 e. The minimum Gasteiger partial charge on any atom is -0.484 e. The number of halogens is 1. The first-order chi connectivity index (χ1) is 11.4. The normalized spacial score (nSPS) is 16.2. The number of rotatable bonds is 7. The van der Waals surface area contributed by atoms with Crippen LogP contribution in [0.3, 0.4) is 0 Å². The van der Waals surface area contributed by atoms with Crippen LogP contribution >= 0.6 is 22.6 Å². The molecular formula is C16H23IN2O4S. The summed E-state index contributed by atoms with van der Waals surface area (Å²) in [5.41, 5.74) is 0. The minimum absolute atomic E-state index is 0.00677. The second kappa shape index (κ2) is 9.00. The molecule has 1 heterocycles. The van der Waals surface area contributed by atoms with Crippen LogP contribution in [0.4, 0.5) is 0 Å². The van der Waals surface area contributed by atoms with Crippen molar-refractivity contribution in [1.82, 2.24) is 9.62 Å². The van der Waals surface area contributed by atoms with Crippen LogP contribution in [0, 0.1) is 3.57 Å². The Morgan fingerprint density at radius 1 is 1.29 bits per heavy atom. The zero-order valence-corrected chi connectivity index (χ0v) is 16.7. The van der Waals surface area contributed by atoms with Gasteiger partial charge >= 0.3 is 0 Å². The van der Waals surface area contributed by atoms with Crippen LogP contribution in [0.1, 0.15) is 26.2 Å². The van der Waals surface area contributed by atoms with E-state index in [9.17, 15) is 13.2 Å². The van der Waals surface area contributed by atoms with Crippen LogP contribution in [0.2, 0.25) is 0 Å². The maximum atomic E-state index is 12.2. The summed E-state index contributed by atoms with van der Waals surface area (Å²) in [6.45, 7) is 2.95. The summed E-state index contributed by atoms with van der Waals surface area (Å²) in [6, 6.07) is 7.44. The molecule has 0 saturated carbocycles. The molecule has 1 N–H and O–H groups in total. The molecule has 0 spiro atoms. The zero-order chi connectivity index (χ0) is 17.6. The molecule has 1 aliphatic heterocycles. The molecule has 6 nitrogen and oxygen atoms in total.